The lowest BCUT2D eigenvalue weighted by atomic mass is 9.93. The quantitative estimate of drug-likeness (QED) is 0.276. The van der Waals surface area contributed by atoms with Crippen molar-refractivity contribution < 1.29 is 33.5 Å². The molecular formula is C31H32N2O7. The summed E-state index contributed by atoms with van der Waals surface area (Å²) in [5.41, 5.74) is 3.01. The van der Waals surface area contributed by atoms with Gasteiger partial charge in [0, 0.05) is 35.6 Å². The van der Waals surface area contributed by atoms with Crippen molar-refractivity contribution in [3.05, 3.63) is 71.8 Å². The molecule has 0 saturated heterocycles. The molecule has 0 saturated carbocycles. The van der Waals surface area contributed by atoms with Crippen molar-refractivity contribution >= 4 is 22.2 Å². The van der Waals surface area contributed by atoms with Crippen molar-refractivity contribution in [2.45, 2.75) is 12.5 Å². The zero-order valence-electron chi connectivity index (χ0n) is 23.3. The van der Waals surface area contributed by atoms with Crippen LogP contribution in [0.5, 0.6) is 40.2 Å². The molecule has 1 atom stereocenters. The molecular weight excluding hydrogens is 512 g/mol. The SMILES string of the molecule is COc1cc(O)c(C2=NN(c3cc(OC)c(OC)c(OC)c3)C(c3ccc(OC)c4ccccc34)C2)cc1OC. The number of hydrazone groups is 1. The van der Waals surface area contributed by atoms with E-state index in [0.717, 1.165) is 27.8 Å². The molecule has 0 aromatic heterocycles. The first kappa shape index (κ1) is 26.8. The molecule has 4 aromatic carbocycles. The first-order chi connectivity index (χ1) is 19.5. The Morgan fingerprint density at radius 3 is 1.88 bits per heavy atom. The summed E-state index contributed by atoms with van der Waals surface area (Å²) in [6, 6.07) is 18.9. The Hall–Kier alpha value is -4.79. The summed E-state index contributed by atoms with van der Waals surface area (Å²) in [7, 11) is 9.48. The molecule has 1 aliphatic heterocycles. The van der Waals surface area contributed by atoms with Gasteiger partial charge < -0.3 is 33.5 Å². The first-order valence-corrected chi connectivity index (χ1v) is 12.7. The molecule has 1 heterocycles. The highest BCUT2D eigenvalue weighted by Gasteiger charge is 2.34. The topological polar surface area (TPSA) is 91.2 Å². The number of ether oxygens (including phenoxy) is 6. The maximum absolute atomic E-state index is 11.0. The lowest BCUT2D eigenvalue weighted by Gasteiger charge is -2.27. The summed E-state index contributed by atoms with van der Waals surface area (Å²) in [4.78, 5) is 0. The summed E-state index contributed by atoms with van der Waals surface area (Å²) in [6.07, 6.45) is 0.496. The molecule has 208 valence electrons. The molecule has 9 heteroatoms. The first-order valence-electron chi connectivity index (χ1n) is 12.7. The highest BCUT2D eigenvalue weighted by molar-refractivity contribution is 6.06. The largest absolute Gasteiger partial charge is 0.507 e. The molecule has 0 bridgehead atoms. The maximum atomic E-state index is 11.0. The van der Waals surface area contributed by atoms with E-state index in [4.69, 9.17) is 33.5 Å². The van der Waals surface area contributed by atoms with E-state index in [2.05, 4.69) is 12.1 Å². The second-order valence-electron chi connectivity index (χ2n) is 9.12. The third kappa shape index (κ3) is 4.53. The van der Waals surface area contributed by atoms with Crippen molar-refractivity contribution in [2.24, 2.45) is 5.10 Å². The maximum Gasteiger partial charge on any atom is 0.203 e. The zero-order chi connectivity index (χ0) is 28.4. The molecule has 1 N–H and O–H groups in total. The minimum atomic E-state index is -0.235. The van der Waals surface area contributed by atoms with E-state index in [-0.39, 0.29) is 11.8 Å². The van der Waals surface area contributed by atoms with Crippen molar-refractivity contribution in [1.29, 1.82) is 0 Å². The number of anilines is 1. The fourth-order valence-electron chi connectivity index (χ4n) is 5.22. The number of hydrogen-bond donors (Lipinski definition) is 1. The summed E-state index contributed by atoms with van der Waals surface area (Å²) in [5, 5.41) is 20.0. The van der Waals surface area contributed by atoms with Crippen LogP contribution in [0.1, 0.15) is 23.6 Å². The van der Waals surface area contributed by atoms with Gasteiger partial charge in [0.05, 0.1) is 60.1 Å². The number of phenols is 1. The number of hydrogen-bond acceptors (Lipinski definition) is 9. The Morgan fingerprint density at radius 1 is 0.675 bits per heavy atom. The molecule has 0 amide bonds. The van der Waals surface area contributed by atoms with Gasteiger partial charge in [-0.3, -0.25) is 5.01 Å². The van der Waals surface area contributed by atoms with Crippen LogP contribution in [0.4, 0.5) is 5.69 Å². The molecule has 4 aromatic rings. The van der Waals surface area contributed by atoms with Crippen LogP contribution in [-0.2, 0) is 0 Å². The normalized spacial score (nSPS) is 14.6. The van der Waals surface area contributed by atoms with Crippen LogP contribution < -0.4 is 33.4 Å². The minimum Gasteiger partial charge on any atom is -0.507 e. The van der Waals surface area contributed by atoms with E-state index in [0.29, 0.717) is 46.4 Å². The number of methoxy groups -OCH3 is 6. The molecule has 0 aliphatic carbocycles. The monoisotopic (exact) mass is 544 g/mol. The lowest BCUT2D eigenvalue weighted by molar-refractivity contribution is 0.324. The number of fused-ring (bicyclic) bond motifs is 1. The molecule has 9 nitrogen and oxygen atoms in total. The molecule has 1 aliphatic rings. The second-order valence-corrected chi connectivity index (χ2v) is 9.12. The third-order valence-electron chi connectivity index (χ3n) is 7.13. The van der Waals surface area contributed by atoms with Gasteiger partial charge in [-0.2, -0.15) is 5.10 Å². The Kier molecular flexibility index (Phi) is 7.46. The van der Waals surface area contributed by atoms with Crippen LogP contribution in [0.25, 0.3) is 10.8 Å². The molecule has 0 radical (unpaired) electrons. The van der Waals surface area contributed by atoms with Gasteiger partial charge >= 0.3 is 0 Å². The molecule has 0 fully saturated rings. The highest BCUT2D eigenvalue weighted by atomic mass is 16.5. The summed E-state index contributed by atoms with van der Waals surface area (Å²) in [6.45, 7) is 0. The van der Waals surface area contributed by atoms with Crippen LogP contribution in [0.3, 0.4) is 0 Å². The highest BCUT2D eigenvalue weighted by Crippen LogP contribution is 2.47. The fourth-order valence-corrected chi connectivity index (χ4v) is 5.22. The summed E-state index contributed by atoms with van der Waals surface area (Å²) in [5.74, 6) is 3.26. The van der Waals surface area contributed by atoms with Crippen molar-refractivity contribution in [1.82, 2.24) is 0 Å². The Balaban J connectivity index is 1.72. The summed E-state index contributed by atoms with van der Waals surface area (Å²) < 4.78 is 33.4. The van der Waals surface area contributed by atoms with Gasteiger partial charge in [0.25, 0.3) is 0 Å². The third-order valence-corrected chi connectivity index (χ3v) is 7.13. The van der Waals surface area contributed by atoms with Gasteiger partial charge in [0.2, 0.25) is 5.75 Å². The van der Waals surface area contributed by atoms with Crippen LogP contribution in [-0.4, -0.2) is 53.5 Å². The predicted molar refractivity (Wildman–Crippen MR) is 154 cm³/mol. The van der Waals surface area contributed by atoms with Gasteiger partial charge in [0.15, 0.2) is 23.0 Å². The zero-order valence-corrected chi connectivity index (χ0v) is 23.3. The van der Waals surface area contributed by atoms with Crippen molar-refractivity contribution in [3.63, 3.8) is 0 Å². The van der Waals surface area contributed by atoms with Gasteiger partial charge in [0.1, 0.15) is 11.5 Å². The number of aromatic hydroxyl groups is 1. The van der Waals surface area contributed by atoms with E-state index < -0.39 is 0 Å². The van der Waals surface area contributed by atoms with Crippen molar-refractivity contribution in [3.8, 4) is 40.2 Å². The standard InChI is InChI=1S/C31H32N2O7/c1-35-26-12-11-20(19-9-7-8-10-21(19)26)24-16-23(22-15-27(36-2)28(37-3)17-25(22)34)32-33(24)18-13-29(38-4)31(40-6)30(14-18)39-5/h7-15,17,24,34H,16H2,1-6H3. The molecule has 1 unspecified atom stereocenters. The van der Waals surface area contributed by atoms with Crippen LogP contribution in [0.2, 0.25) is 0 Å². The fraction of sp³-hybridized carbons (Fsp3) is 0.258. The van der Waals surface area contributed by atoms with Crippen molar-refractivity contribution in [2.75, 3.05) is 47.7 Å². The smallest absolute Gasteiger partial charge is 0.203 e. The van der Waals surface area contributed by atoms with Gasteiger partial charge in [-0.1, -0.05) is 30.3 Å². The van der Waals surface area contributed by atoms with Gasteiger partial charge in [-0.05, 0) is 23.1 Å². The van der Waals surface area contributed by atoms with E-state index in [1.807, 2.05) is 41.4 Å². The minimum absolute atomic E-state index is 0.0430. The number of benzene rings is 4. The average Bonchev–Trinajstić information content (AvgIpc) is 3.44. The van der Waals surface area contributed by atoms with Crippen LogP contribution >= 0.6 is 0 Å². The van der Waals surface area contributed by atoms with E-state index in [1.54, 1.807) is 41.6 Å². The van der Waals surface area contributed by atoms with E-state index in [1.165, 1.54) is 13.2 Å². The number of rotatable bonds is 9. The Bertz CT molecular complexity index is 1560. The lowest BCUT2D eigenvalue weighted by Crippen LogP contribution is -2.19. The van der Waals surface area contributed by atoms with E-state index >= 15 is 0 Å². The second kappa shape index (κ2) is 11.1. The average molecular weight is 545 g/mol. The predicted octanol–water partition coefficient (Wildman–Crippen LogP) is 5.95. The Labute approximate surface area is 233 Å². The van der Waals surface area contributed by atoms with Crippen LogP contribution in [0.15, 0.2) is 65.8 Å². The number of nitrogens with zero attached hydrogens (tertiary/aromatic N) is 2. The number of phenolic OH excluding ortho intramolecular Hbond substituents is 1. The Morgan fingerprint density at radius 2 is 1.27 bits per heavy atom. The van der Waals surface area contributed by atoms with Gasteiger partial charge in [-0.15, -0.1) is 0 Å². The molecule has 0 spiro atoms. The molecule has 5 rings (SSSR count). The van der Waals surface area contributed by atoms with E-state index in [9.17, 15) is 5.11 Å². The van der Waals surface area contributed by atoms with Gasteiger partial charge in [-0.25, -0.2) is 0 Å². The summed E-state index contributed by atoms with van der Waals surface area (Å²) >= 11 is 0. The molecule has 40 heavy (non-hydrogen) atoms. The van der Waals surface area contributed by atoms with Crippen LogP contribution in [0, 0.1) is 0 Å².